The molecule has 0 saturated carbocycles. The molecule has 4 heteroatoms. The number of ether oxygens (including phenoxy) is 1. The molecule has 1 aromatic rings. The summed E-state index contributed by atoms with van der Waals surface area (Å²) in [6.07, 6.45) is 1.18. The summed E-state index contributed by atoms with van der Waals surface area (Å²) in [5.41, 5.74) is 0.872. The van der Waals surface area contributed by atoms with Crippen LogP contribution in [0.4, 0.5) is 0 Å². The van der Waals surface area contributed by atoms with Crippen molar-refractivity contribution in [3.05, 3.63) is 34.9 Å². The van der Waals surface area contributed by atoms with Crippen molar-refractivity contribution in [1.82, 2.24) is 0 Å². The first kappa shape index (κ1) is 10.5. The first-order valence-corrected chi connectivity index (χ1v) is 5.07. The van der Waals surface area contributed by atoms with Gasteiger partial charge in [0.1, 0.15) is 0 Å². The Hall–Kier alpha value is -1.97. The third kappa shape index (κ3) is 1.62. The lowest BCUT2D eigenvalue weighted by molar-refractivity contribution is 0.0443. The second kappa shape index (κ2) is 3.89. The van der Waals surface area contributed by atoms with E-state index in [0.29, 0.717) is 12.0 Å². The molecule has 0 radical (unpaired) electrons. The Morgan fingerprint density at radius 1 is 1.19 bits per heavy atom. The van der Waals surface area contributed by atoms with Crippen LogP contribution in [0.1, 0.15) is 50.8 Å². The summed E-state index contributed by atoms with van der Waals surface area (Å²) in [5.74, 6) is -1.35. The molecule has 0 unspecified atom stereocenters. The third-order valence-corrected chi connectivity index (χ3v) is 2.44. The second-order valence-corrected chi connectivity index (χ2v) is 3.61. The summed E-state index contributed by atoms with van der Waals surface area (Å²) in [4.78, 5) is 34.0. The molecule has 82 valence electrons. The number of fused-ring (bicyclic) bond motifs is 1. The lowest BCUT2D eigenvalue weighted by Crippen LogP contribution is -2.01. The van der Waals surface area contributed by atoms with E-state index in [1.54, 1.807) is 6.07 Å². The van der Waals surface area contributed by atoms with E-state index in [-0.39, 0.29) is 16.9 Å². The van der Waals surface area contributed by atoms with E-state index in [9.17, 15) is 14.4 Å². The number of carbonyl (C=O) groups excluding carboxylic acids is 3. The van der Waals surface area contributed by atoms with Gasteiger partial charge in [0.25, 0.3) is 0 Å². The fourth-order valence-corrected chi connectivity index (χ4v) is 1.63. The first-order chi connectivity index (χ1) is 7.63. The van der Waals surface area contributed by atoms with Gasteiger partial charge in [0.15, 0.2) is 5.78 Å². The van der Waals surface area contributed by atoms with Crippen molar-refractivity contribution in [2.75, 3.05) is 0 Å². The molecule has 1 aliphatic rings. The number of Topliss-reactive ketones (excluding diaryl/α,β-unsaturated/α-hetero) is 1. The van der Waals surface area contributed by atoms with Crippen LogP contribution in [0.25, 0.3) is 0 Å². The van der Waals surface area contributed by atoms with Gasteiger partial charge in [-0.1, -0.05) is 13.0 Å². The minimum absolute atomic E-state index is 0.0301. The maximum Gasteiger partial charge on any atom is 0.346 e. The third-order valence-electron chi connectivity index (χ3n) is 2.44. The molecule has 0 bridgehead atoms. The van der Waals surface area contributed by atoms with Crippen molar-refractivity contribution in [3.63, 3.8) is 0 Å². The Bertz CT molecular complexity index is 488. The summed E-state index contributed by atoms with van der Waals surface area (Å²) in [6.45, 7) is 1.91. The highest BCUT2D eigenvalue weighted by Gasteiger charge is 2.30. The molecule has 0 spiro atoms. The molecule has 16 heavy (non-hydrogen) atoms. The second-order valence-electron chi connectivity index (χ2n) is 3.61. The SMILES string of the molecule is CCCC(=O)c1ccc2c(c1)C(=O)OC2=O. The van der Waals surface area contributed by atoms with Crippen LogP contribution < -0.4 is 0 Å². The lowest BCUT2D eigenvalue weighted by Gasteiger charge is -1.99. The molecule has 0 atom stereocenters. The van der Waals surface area contributed by atoms with E-state index < -0.39 is 11.9 Å². The van der Waals surface area contributed by atoms with Gasteiger partial charge >= 0.3 is 11.9 Å². The number of cyclic esters (lactones) is 2. The van der Waals surface area contributed by atoms with Crippen LogP contribution >= 0.6 is 0 Å². The molecule has 0 saturated heterocycles. The standard InChI is InChI=1S/C12H10O4/c1-2-3-10(13)7-4-5-8-9(6-7)12(15)16-11(8)14/h4-6H,2-3H2,1H3. The quantitative estimate of drug-likeness (QED) is 0.442. The number of hydrogen-bond donors (Lipinski definition) is 0. The van der Waals surface area contributed by atoms with E-state index in [0.717, 1.165) is 6.42 Å². The molecular weight excluding hydrogens is 208 g/mol. The Morgan fingerprint density at radius 2 is 1.88 bits per heavy atom. The Morgan fingerprint density at radius 3 is 2.56 bits per heavy atom. The minimum Gasteiger partial charge on any atom is -0.386 e. The average molecular weight is 218 g/mol. The summed E-state index contributed by atoms with van der Waals surface area (Å²) in [7, 11) is 0. The van der Waals surface area contributed by atoms with Gasteiger partial charge < -0.3 is 4.74 Å². The van der Waals surface area contributed by atoms with Crippen molar-refractivity contribution < 1.29 is 19.1 Å². The van der Waals surface area contributed by atoms with Crippen molar-refractivity contribution >= 4 is 17.7 Å². The molecule has 2 rings (SSSR count). The van der Waals surface area contributed by atoms with Crippen LogP contribution in [0, 0.1) is 0 Å². The zero-order valence-electron chi connectivity index (χ0n) is 8.78. The van der Waals surface area contributed by atoms with Gasteiger partial charge in [-0.2, -0.15) is 0 Å². The smallest absolute Gasteiger partial charge is 0.346 e. The van der Waals surface area contributed by atoms with Gasteiger partial charge in [0.05, 0.1) is 11.1 Å². The fraction of sp³-hybridized carbons (Fsp3) is 0.250. The van der Waals surface area contributed by atoms with Crippen LogP contribution in [0.15, 0.2) is 18.2 Å². The summed E-state index contributed by atoms with van der Waals surface area (Å²) < 4.78 is 4.44. The number of rotatable bonds is 3. The number of ketones is 1. The molecule has 0 N–H and O–H groups in total. The zero-order valence-corrected chi connectivity index (χ0v) is 8.78. The number of benzene rings is 1. The molecule has 0 fully saturated rings. The van der Waals surface area contributed by atoms with Crippen LogP contribution in [0.5, 0.6) is 0 Å². The van der Waals surface area contributed by atoms with Crippen LogP contribution in [-0.4, -0.2) is 17.7 Å². The largest absolute Gasteiger partial charge is 0.386 e. The molecule has 4 nitrogen and oxygen atoms in total. The molecule has 0 aromatic heterocycles. The van der Waals surface area contributed by atoms with Gasteiger partial charge in [-0.15, -0.1) is 0 Å². The van der Waals surface area contributed by atoms with Crippen LogP contribution in [0.2, 0.25) is 0 Å². The molecule has 0 aliphatic carbocycles. The van der Waals surface area contributed by atoms with E-state index in [2.05, 4.69) is 4.74 Å². The molecule has 1 heterocycles. The molecular formula is C12H10O4. The van der Waals surface area contributed by atoms with Crippen LogP contribution in [0.3, 0.4) is 0 Å². The van der Waals surface area contributed by atoms with E-state index in [1.165, 1.54) is 12.1 Å². The van der Waals surface area contributed by atoms with Gasteiger partial charge in [0.2, 0.25) is 0 Å². The lowest BCUT2D eigenvalue weighted by atomic mass is 10.0. The predicted molar refractivity (Wildman–Crippen MR) is 55.4 cm³/mol. The fourth-order valence-electron chi connectivity index (χ4n) is 1.63. The minimum atomic E-state index is -0.675. The Balaban J connectivity index is 2.40. The molecule has 1 aliphatic heterocycles. The van der Waals surface area contributed by atoms with Crippen LogP contribution in [-0.2, 0) is 4.74 Å². The summed E-state index contributed by atoms with van der Waals surface area (Å²) in [5, 5.41) is 0. The number of hydrogen-bond acceptors (Lipinski definition) is 4. The Labute approximate surface area is 92.2 Å². The average Bonchev–Trinajstić information content (AvgIpc) is 2.55. The highest BCUT2D eigenvalue weighted by molar-refractivity contribution is 6.15. The summed E-state index contributed by atoms with van der Waals surface area (Å²) in [6, 6.07) is 4.45. The topological polar surface area (TPSA) is 60.4 Å². The van der Waals surface area contributed by atoms with Gasteiger partial charge in [0, 0.05) is 12.0 Å². The number of esters is 2. The van der Waals surface area contributed by atoms with E-state index >= 15 is 0 Å². The van der Waals surface area contributed by atoms with Crippen molar-refractivity contribution in [2.24, 2.45) is 0 Å². The van der Waals surface area contributed by atoms with Crippen molar-refractivity contribution in [2.45, 2.75) is 19.8 Å². The normalized spacial score (nSPS) is 13.6. The summed E-state index contributed by atoms with van der Waals surface area (Å²) >= 11 is 0. The molecule has 0 amide bonds. The monoisotopic (exact) mass is 218 g/mol. The van der Waals surface area contributed by atoms with Gasteiger partial charge in [-0.25, -0.2) is 9.59 Å². The number of carbonyl (C=O) groups is 3. The Kier molecular flexibility index (Phi) is 2.56. The van der Waals surface area contributed by atoms with Gasteiger partial charge in [-0.3, -0.25) is 4.79 Å². The van der Waals surface area contributed by atoms with E-state index in [4.69, 9.17) is 0 Å². The van der Waals surface area contributed by atoms with Crippen molar-refractivity contribution in [1.29, 1.82) is 0 Å². The van der Waals surface area contributed by atoms with E-state index in [1.807, 2.05) is 6.92 Å². The first-order valence-electron chi connectivity index (χ1n) is 5.07. The highest BCUT2D eigenvalue weighted by atomic mass is 16.6. The predicted octanol–water partition coefficient (Wildman–Crippen LogP) is 1.98. The molecule has 1 aromatic carbocycles. The maximum absolute atomic E-state index is 11.6. The maximum atomic E-state index is 11.6. The zero-order chi connectivity index (χ0) is 11.7. The van der Waals surface area contributed by atoms with Gasteiger partial charge in [-0.05, 0) is 18.6 Å². The van der Waals surface area contributed by atoms with Crippen molar-refractivity contribution in [3.8, 4) is 0 Å². The highest BCUT2D eigenvalue weighted by Crippen LogP contribution is 2.21.